The van der Waals surface area contributed by atoms with E-state index in [0.29, 0.717) is 42.3 Å². The molecule has 0 saturated carbocycles. The van der Waals surface area contributed by atoms with Crippen LogP contribution in [0.3, 0.4) is 0 Å². The molecule has 0 bridgehead atoms. The van der Waals surface area contributed by atoms with Crippen molar-refractivity contribution >= 4 is 61.6 Å². The standard InChI is InChI=1S/C27H42N2O6S3Si/c1-9-16-34-25(33)28-14-12-18(13-15-28)37-24-21(23(31)32)29-22(30)20(27(29,38-24)36-17-10-2)19(11-3)35-39(7,8)26(4,5)6/h9-10,18-20H,1-2,11-17H2,3-8H3,(H,31,32)/t19-,20+,27+/m0/s1. The monoisotopic (exact) mass is 614 g/mol. The topological polar surface area (TPSA) is 96.4 Å². The Morgan fingerprint density at radius 3 is 2.41 bits per heavy atom. The van der Waals surface area contributed by atoms with E-state index in [0.717, 1.165) is 0 Å². The quantitative estimate of drug-likeness (QED) is 0.153. The van der Waals surface area contributed by atoms with E-state index in [1.54, 1.807) is 22.7 Å². The average molecular weight is 615 g/mol. The highest BCUT2D eigenvalue weighted by atomic mass is 32.2. The van der Waals surface area contributed by atoms with E-state index in [1.165, 1.54) is 34.5 Å². The zero-order valence-electron chi connectivity index (χ0n) is 23.9. The number of fused-ring (bicyclic) bond motifs is 1. The molecule has 3 rings (SSSR count). The molecule has 1 N–H and O–H groups in total. The van der Waals surface area contributed by atoms with Crippen molar-refractivity contribution in [1.82, 2.24) is 9.80 Å². The summed E-state index contributed by atoms with van der Waals surface area (Å²) in [5.74, 6) is -1.15. The summed E-state index contributed by atoms with van der Waals surface area (Å²) >= 11 is 4.56. The van der Waals surface area contributed by atoms with Gasteiger partial charge in [0.15, 0.2) is 18.2 Å². The first kappa shape index (κ1) is 32.2. The van der Waals surface area contributed by atoms with Gasteiger partial charge in [-0.25, -0.2) is 9.59 Å². The zero-order valence-corrected chi connectivity index (χ0v) is 27.3. The van der Waals surface area contributed by atoms with Crippen molar-refractivity contribution in [2.45, 2.75) is 80.6 Å². The second kappa shape index (κ2) is 12.7. The van der Waals surface area contributed by atoms with Crippen molar-refractivity contribution in [3.05, 3.63) is 35.2 Å². The lowest BCUT2D eigenvalue weighted by Crippen LogP contribution is -2.69. The molecule has 0 aromatic heterocycles. The van der Waals surface area contributed by atoms with Gasteiger partial charge in [0.1, 0.15) is 12.5 Å². The third-order valence-electron chi connectivity index (χ3n) is 7.78. The lowest BCUT2D eigenvalue weighted by molar-refractivity contribution is -0.159. The van der Waals surface area contributed by atoms with Crippen LogP contribution in [0, 0.1) is 5.92 Å². The third kappa shape index (κ3) is 6.44. The van der Waals surface area contributed by atoms with Crippen LogP contribution >= 0.6 is 35.3 Å². The number of carbonyl (C=O) groups is 3. The van der Waals surface area contributed by atoms with Crippen LogP contribution in [0.1, 0.15) is 47.0 Å². The van der Waals surface area contributed by atoms with Crippen LogP contribution in [-0.4, -0.2) is 82.2 Å². The molecule has 2 amide bonds. The number of piperidine rings is 1. The second-order valence-electron chi connectivity index (χ2n) is 11.4. The predicted molar refractivity (Wildman–Crippen MR) is 164 cm³/mol. The number of carboxylic acid groups (broad SMARTS) is 1. The van der Waals surface area contributed by atoms with Crippen molar-refractivity contribution in [2.75, 3.05) is 25.4 Å². The Hall–Kier alpha value is -1.34. The summed E-state index contributed by atoms with van der Waals surface area (Å²) < 4.78 is 11.8. The Kier molecular flexibility index (Phi) is 10.5. The summed E-state index contributed by atoms with van der Waals surface area (Å²) in [6, 6.07) is 0. The van der Waals surface area contributed by atoms with Crippen molar-refractivity contribution in [1.29, 1.82) is 0 Å². The summed E-state index contributed by atoms with van der Waals surface area (Å²) in [5, 5.41) is 10.4. The molecule has 2 fully saturated rings. The van der Waals surface area contributed by atoms with Crippen LogP contribution in [-0.2, 0) is 18.8 Å². The van der Waals surface area contributed by atoms with Crippen LogP contribution in [0.4, 0.5) is 4.79 Å². The van der Waals surface area contributed by atoms with Crippen molar-refractivity contribution in [2.24, 2.45) is 5.92 Å². The molecule has 0 unspecified atom stereocenters. The number of β-lactam (4-membered cyclic amide) rings is 1. The van der Waals surface area contributed by atoms with Gasteiger partial charge in [-0.2, -0.15) is 0 Å². The summed E-state index contributed by atoms with van der Waals surface area (Å²) in [6.07, 6.45) is 4.75. The molecule has 0 spiro atoms. The zero-order chi connectivity index (χ0) is 29.2. The fraction of sp³-hybridized carbons (Fsp3) is 0.667. The minimum Gasteiger partial charge on any atom is -0.477 e. The molecule has 0 aliphatic carbocycles. The Labute approximate surface area is 246 Å². The van der Waals surface area contributed by atoms with E-state index in [-0.39, 0.29) is 40.7 Å². The fourth-order valence-electron chi connectivity index (χ4n) is 4.66. The maximum Gasteiger partial charge on any atom is 0.410 e. The molecular weight excluding hydrogens is 573 g/mol. The van der Waals surface area contributed by atoms with Crippen molar-refractivity contribution in [3.8, 4) is 0 Å². The number of hydrogen-bond acceptors (Lipinski definition) is 8. The summed E-state index contributed by atoms with van der Waals surface area (Å²) in [7, 11) is -2.18. The number of nitrogens with zero attached hydrogens (tertiary/aromatic N) is 2. The van der Waals surface area contributed by atoms with Gasteiger partial charge in [0.25, 0.3) is 0 Å². The molecule has 3 atom stereocenters. The molecule has 8 nitrogen and oxygen atoms in total. The highest BCUT2D eigenvalue weighted by Gasteiger charge is 2.70. The highest BCUT2D eigenvalue weighted by Crippen LogP contribution is 2.67. The minimum atomic E-state index is -2.18. The van der Waals surface area contributed by atoms with Crippen LogP contribution in [0.15, 0.2) is 35.2 Å². The lowest BCUT2D eigenvalue weighted by Gasteiger charge is -2.56. The van der Waals surface area contributed by atoms with Gasteiger partial charge in [-0.05, 0) is 37.4 Å². The fourth-order valence-corrected chi connectivity index (χ4v) is 11.2. The number of likely N-dealkylation sites (tertiary alicyclic amines) is 1. The Balaban J connectivity index is 1.83. The number of thioether (sulfide) groups is 3. The predicted octanol–water partition coefficient (Wildman–Crippen LogP) is 6.34. The minimum absolute atomic E-state index is 0.0183. The maximum absolute atomic E-state index is 13.7. The smallest absolute Gasteiger partial charge is 0.410 e. The van der Waals surface area contributed by atoms with Crippen LogP contribution in [0.2, 0.25) is 18.1 Å². The molecule has 3 heterocycles. The first-order chi connectivity index (χ1) is 18.2. The summed E-state index contributed by atoms with van der Waals surface area (Å²) in [6.45, 7) is 21.6. The molecule has 218 valence electrons. The third-order valence-corrected chi connectivity index (χ3v) is 17.0. The van der Waals surface area contributed by atoms with Gasteiger partial charge < -0.3 is 19.2 Å². The van der Waals surface area contributed by atoms with E-state index in [4.69, 9.17) is 9.16 Å². The van der Waals surface area contributed by atoms with Crippen LogP contribution < -0.4 is 0 Å². The first-order valence-corrected chi connectivity index (χ1v) is 19.0. The molecule has 39 heavy (non-hydrogen) atoms. The van der Waals surface area contributed by atoms with Gasteiger partial charge in [-0.15, -0.1) is 30.1 Å². The number of aliphatic carboxylic acids is 1. The van der Waals surface area contributed by atoms with Crippen molar-refractivity contribution < 1.29 is 28.7 Å². The van der Waals surface area contributed by atoms with Gasteiger partial charge >= 0.3 is 12.1 Å². The van der Waals surface area contributed by atoms with Gasteiger partial charge in [0.2, 0.25) is 5.91 Å². The number of rotatable bonds is 12. The number of ether oxygens (including phenoxy) is 1. The van der Waals surface area contributed by atoms with Gasteiger partial charge in [0.05, 0.1) is 10.3 Å². The largest absolute Gasteiger partial charge is 0.477 e. The van der Waals surface area contributed by atoms with Crippen LogP contribution in [0.5, 0.6) is 0 Å². The second-order valence-corrected chi connectivity index (χ2v) is 20.5. The van der Waals surface area contributed by atoms with Gasteiger partial charge in [-0.3, -0.25) is 9.69 Å². The van der Waals surface area contributed by atoms with E-state index in [1.807, 2.05) is 6.92 Å². The number of amides is 2. The van der Waals surface area contributed by atoms with Crippen LogP contribution in [0.25, 0.3) is 0 Å². The maximum atomic E-state index is 13.7. The number of carboxylic acids is 1. The van der Waals surface area contributed by atoms with E-state index in [2.05, 4.69) is 47.0 Å². The van der Waals surface area contributed by atoms with E-state index < -0.39 is 24.4 Å². The molecule has 12 heteroatoms. The summed E-state index contributed by atoms with van der Waals surface area (Å²) in [5.41, 5.74) is 0.0674. The molecule has 3 aliphatic heterocycles. The van der Waals surface area contributed by atoms with Crippen molar-refractivity contribution in [3.63, 3.8) is 0 Å². The summed E-state index contributed by atoms with van der Waals surface area (Å²) in [4.78, 5) is 41.7. The number of hydrogen-bond donors (Lipinski definition) is 1. The van der Waals surface area contributed by atoms with E-state index in [9.17, 15) is 19.5 Å². The average Bonchev–Trinajstić information content (AvgIpc) is 3.15. The number of carbonyl (C=O) groups excluding carboxylic acids is 2. The highest BCUT2D eigenvalue weighted by molar-refractivity contribution is 8.29. The Morgan fingerprint density at radius 2 is 1.90 bits per heavy atom. The normalized spacial score (nSPS) is 24.8. The molecular formula is C27H42N2O6S3Si. The molecule has 3 aliphatic rings. The SMILES string of the molecule is C=CCOC(=O)N1CCC(SC2=C(C(=O)O)N3C(=O)[C@@H]([C@H](CC)O[Si](C)(C)C(C)(C)C)[C@@]3(SCC=C)S2)CC1. The van der Waals surface area contributed by atoms with E-state index >= 15 is 0 Å². The first-order valence-electron chi connectivity index (χ1n) is 13.4. The molecule has 2 saturated heterocycles. The Morgan fingerprint density at radius 1 is 1.26 bits per heavy atom. The molecule has 0 aromatic rings. The lowest BCUT2D eigenvalue weighted by atomic mass is 9.89. The molecule has 0 aromatic carbocycles. The van der Waals surface area contributed by atoms with Gasteiger partial charge in [0, 0.05) is 24.1 Å². The molecule has 0 radical (unpaired) electrons. The van der Waals surface area contributed by atoms with Gasteiger partial charge in [-0.1, -0.05) is 58.2 Å². The Bertz CT molecular complexity index is 1020.